The van der Waals surface area contributed by atoms with E-state index < -0.39 is 0 Å². The Balaban J connectivity index is 2.86. The number of phenolic OH excluding ortho intramolecular Hbond substituents is 1. The summed E-state index contributed by atoms with van der Waals surface area (Å²) in [7, 11) is 3.37. The van der Waals surface area contributed by atoms with Gasteiger partial charge in [-0.1, -0.05) is 6.07 Å². The molecule has 0 aromatic heterocycles. The second-order valence-electron chi connectivity index (χ2n) is 3.23. The molecule has 1 amide bonds. The van der Waals surface area contributed by atoms with Crippen LogP contribution in [0.1, 0.15) is 5.56 Å². The number of hydrogen-bond acceptors (Lipinski definition) is 3. The summed E-state index contributed by atoms with van der Waals surface area (Å²) >= 11 is 1.03. The van der Waals surface area contributed by atoms with Crippen molar-refractivity contribution in [3.05, 3.63) is 23.8 Å². The molecule has 0 saturated heterocycles. The Morgan fingerprint density at radius 1 is 1.43 bits per heavy atom. The fourth-order valence-corrected chi connectivity index (χ4v) is 1.68. The van der Waals surface area contributed by atoms with Gasteiger partial charge in [-0.3, -0.25) is 4.79 Å². The van der Waals surface area contributed by atoms with Crippen molar-refractivity contribution in [1.29, 1.82) is 0 Å². The third-order valence-corrected chi connectivity index (χ3v) is 2.76. The van der Waals surface area contributed by atoms with E-state index >= 15 is 0 Å². The lowest BCUT2D eigenvalue weighted by atomic mass is 10.2. The number of benzene rings is 1. The lowest BCUT2D eigenvalue weighted by Gasteiger charge is -2.10. The second-order valence-corrected chi connectivity index (χ2v) is 4.23. The molecule has 1 aromatic rings. The van der Waals surface area contributed by atoms with Crippen LogP contribution < -0.4 is 0 Å². The zero-order valence-electron chi connectivity index (χ0n) is 8.44. The van der Waals surface area contributed by atoms with Crippen molar-refractivity contribution < 1.29 is 9.90 Å². The summed E-state index contributed by atoms with van der Waals surface area (Å²) in [6.07, 6.45) is 0. The van der Waals surface area contributed by atoms with Gasteiger partial charge in [0.1, 0.15) is 5.75 Å². The van der Waals surface area contributed by atoms with Crippen molar-refractivity contribution in [3.63, 3.8) is 0 Å². The zero-order valence-corrected chi connectivity index (χ0v) is 9.26. The van der Waals surface area contributed by atoms with Crippen LogP contribution in [0.2, 0.25) is 0 Å². The number of hydrogen-bond donors (Lipinski definition) is 1. The van der Waals surface area contributed by atoms with E-state index in [2.05, 4.69) is 0 Å². The number of carbonyl (C=O) groups excluding carboxylic acids is 1. The summed E-state index contributed by atoms with van der Waals surface area (Å²) in [6, 6.07) is 5.20. The fourth-order valence-electron chi connectivity index (χ4n) is 0.888. The third-order valence-electron chi connectivity index (χ3n) is 1.68. The highest BCUT2D eigenvalue weighted by Gasteiger charge is 2.10. The molecule has 0 fully saturated rings. The summed E-state index contributed by atoms with van der Waals surface area (Å²) in [5.74, 6) is 0.149. The highest BCUT2D eigenvalue weighted by Crippen LogP contribution is 2.30. The van der Waals surface area contributed by atoms with Gasteiger partial charge in [-0.05, 0) is 36.4 Å². The Labute approximate surface area is 87.7 Å². The first-order valence-corrected chi connectivity index (χ1v) is 5.01. The minimum atomic E-state index is -0.0918. The van der Waals surface area contributed by atoms with E-state index in [0.717, 1.165) is 17.3 Å². The molecular formula is C10H13NO2S. The van der Waals surface area contributed by atoms with Crippen LogP contribution in [0.3, 0.4) is 0 Å². The van der Waals surface area contributed by atoms with Crippen molar-refractivity contribution in [3.8, 4) is 5.75 Å². The first-order valence-electron chi connectivity index (χ1n) is 4.19. The van der Waals surface area contributed by atoms with Gasteiger partial charge in [0.05, 0.1) is 4.90 Å². The van der Waals surface area contributed by atoms with Crippen LogP contribution in [0.5, 0.6) is 5.75 Å². The number of thioether (sulfide) groups is 1. The highest BCUT2D eigenvalue weighted by molar-refractivity contribution is 8.13. The number of aryl methyl sites for hydroxylation is 1. The monoisotopic (exact) mass is 211 g/mol. The molecule has 0 spiro atoms. The minimum absolute atomic E-state index is 0.0918. The largest absolute Gasteiger partial charge is 0.507 e. The molecule has 4 heteroatoms. The van der Waals surface area contributed by atoms with E-state index in [4.69, 9.17) is 0 Å². The van der Waals surface area contributed by atoms with Crippen LogP contribution in [0, 0.1) is 6.92 Å². The number of carbonyl (C=O) groups is 1. The number of rotatable bonds is 1. The molecule has 0 aliphatic heterocycles. The Morgan fingerprint density at radius 3 is 2.64 bits per heavy atom. The molecule has 1 N–H and O–H groups in total. The molecule has 0 heterocycles. The topological polar surface area (TPSA) is 40.5 Å². The molecule has 14 heavy (non-hydrogen) atoms. The molecule has 76 valence electrons. The quantitative estimate of drug-likeness (QED) is 0.725. The van der Waals surface area contributed by atoms with Crippen molar-refractivity contribution >= 4 is 17.0 Å². The van der Waals surface area contributed by atoms with Crippen LogP contribution in [0.4, 0.5) is 4.79 Å². The molecule has 0 bridgehead atoms. The summed E-state index contributed by atoms with van der Waals surface area (Å²) in [4.78, 5) is 13.4. The Bertz CT molecular complexity index is 350. The number of nitrogens with zero attached hydrogens (tertiary/aromatic N) is 1. The smallest absolute Gasteiger partial charge is 0.286 e. The van der Waals surface area contributed by atoms with E-state index in [1.807, 2.05) is 6.92 Å². The number of amides is 1. The maximum Gasteiger partial charge on any atom is 0.286 e. The molecule has 0 radical (unpaired) electrons. The average molecular weight is 211 g/mol. The van der Waals surface area contributed by atoms with E-state index in [-0.39, 0.29) is 11.0 Å². The van der Waals surface area contributed by atoms with Gasteiger partial charge in [0.15, 0.2) is 0 Å². The molecule has 1 aromatic carbocycles. The van der Waals surface area contributed by atoms with E-state index in [0.29, 0.717) is 4.90 Å². The third kappa shape index (κ3) is 2.67. The van der Waals surface area contributed by atoms with E-state index in [9.17, 15) is 9.90 Å². The normalized spacial score (nSPS) is 9.93. The molecule has 0 unspecified atom stereocenters. The first-order chi connectivity index (χ1) is 6.50. The van der Waals surface area contributed by atoms with E-state index in [1.54, 1.807) is 32.3 Å². The average Bonchev–Trinajstić information content (AvgIpc) is 2.11. The number of aromatic hydroxyl groups is 1. The van der Waals surface area contributed by atoms with Crippen molar-refractivity contribution in [2.45, 2.75) is 11.8 Å². The standard InChI is InChI=1S/C10H13NO2S/c1-7-4-5-8(12)9(6-7)14-10(13)11(2)3/h4-6,12H,1-3H3. The molecular weight excluding hydrogens is 198 g/mol. The van der Waals surface area contributed by atoms with Crippen LogP contribution in [-0.4, -0.2) is 29.3 Å². The van der Waals surface area contributed by atoms with Gasteiger partial charge < -0.3 is 10.0 Å². The predicted molar refractivity (Wildman–Crippen MR) is 57.8 cm³/mol. The Hall–Kier alpha value is -1.16. The summed E-state index contributed by atoms with van der Waals surface area (Å²) < 4.78 is 0. The van der Waals surface area contributed by atoms with Gasteiger partial charge in [-0.25, -0.2) is 0 Å². The lowest BCUT2D eigenvalue weighted by Crippen LogP contribution is -2.16. The van der Waals surface area contributed by atoms with Crippen molar-refractivity contribution in [2.24, 2.45) is 0 Å². The SMILES string of the molecule is Cc1ccc(O)c(SC(=O)N(C)C)c1. The van der Waals surface area contributed by atoms with Gasteiger partial charge in [0, 0.05) is 14.1 Å². The van der Waals surface area contributed by atoms with Gasteiger partial charge in [-0.15, -0.1) is 0 Å². The molecule has 0 atom stereocenters. The van der Waals surface area contributed by atoms with Gasteiger partial charge >= 0.3 is 0 Å². The van der Waals surface area contributed by atoms with Gasteiger partial charge in [-0.2, -0.15) is 0 Å². The zero-order chi connectivity index (χ0) is 10.7. The summed E-state index contributed by atoms with van der Waals surface area (Å²) in [5.41, 5.74) is 1.02. The fraction of sp³-hybridized carbons (Fsp3) is 0.300. The Kier molecular flexibility index (Phi) is 3.41. The maximum absolute atomic E-state index is 11.4. The highest BCUT2D eigenvalue weighted by atomic mass is 32.2. The van der Waals surface area contributed by atoms with Crippen molar-refractivity contribution in [2.75, 3.05) is 14.1 Å². The number of phenols is 1. The predicted octanol–water partition coefficient (Wildman–Crippen LogP) is 2.47. The lowest BCUT2D eigenvalue weighted by molar-refractivity contribution is 0.241. The van der Waals surface area contributed by atoms with Gasteiger partial charge in [0.25, 0.3) is 5.24 Å². The molecule has 3 nitrogen and oxygen atoms in total. The second kappa shape index (κ2) is 4.37. The van der Waals surface area contributed by atoms with Gasteiger partial charge in [0.2, 0.25) is 0 Å². The molecule has 0 aliphatic carbocycles. The van der Waals surface area contributed by atoms with Crippen LogP contribution in [0.25, 0.3) is 0 Å². The summed E-state index contributed by atoms with van der Waals surface area (Å²) in [6.45, 7) is 1.92. The van der Waals surface area contributed by atoms with E-state index in [1.165, 1.54) is 4.90 Å². The molecule has 0 aliphatic rings. The maximum atomic E-state index is 11.4. The van der Waals surface area contributed by atoms with Crippen LogP contribution >= 0.6 is 11.8 Å². The minimum Gasteiger partial charge on any atom is -0.507 e. The van der Waals surface area contributed by atoms with Crippen molar-refractivity contribution in [1.82, 2.24) is 4.90 Å². The summed E-state index contributed by atoms with van der Waals surface area (Å²) in [5, 5.41) is 9.38. The van der Waals surface area contributed by atoms with Crippen LogP contribution in [0.15, 0.2) is 23.1 Å². The Morgan fingerprint density at radius 2 is 2.07 bits per heavy atom. The molecule has 0 saturated carbocycles. The first kappa shape index (κ1) is 10.9. The molecule has 1 rings (SSSR count). The van der Waals surface area contributed by atoms with Crippen LogP contribution in [-0.2, 0) is 0 Å².